The van der Waals surface area contributed by atoms with E-state index in [2.05, 4.69) is 54.2 Å². The summed E-state index contributed by atoms with van der Waals surface area (Å²) in [4.78, 5) is 0. The van der Waals surface area contributed by atoms with Gasteiger partial charge in [0, 0.05) is 43.4 Å². The SMILES string of the molecule is CC(C)(C)NCc1ccn(CCn2cccn2)c1. The van der Waals surface area contributed by atoms with E-state index in [0.717, 1.165) is 19.6 Å². The lowest BCUT2D eigenvalue weighted by Crippen LogP contribution is -2.34. The van der Waals surface area contributed by atoms with Crippen molar-refractivity contribution in [3.63, 3.8) is 0 Å². The highest BCUT2D eigenvalue weighted by Gasteiger charge is 2.08. The van der Waals surface area contributed by atoms with Gasteiger partial charge in [-0.05, 0) is 38.5 Å². The normalized spacial score (nSPS) is 11.9. The first-order valence-electron chi connectivity index (χ1n) is 6.40. The van der Waals surface area contributed by atoms with Crippen LogP contribution < -0.4 is 5.32 Å². The molecule has 0 aliphatic rings. The summed E-state index contributed by atoms with van der Waals surface area (Å²) in [6.45, 7) is 9.33. The Bertz CT molecular complexity index is 462. The predicted octanol–water partition coefficient (Wildman–Crippen LogP) is 2.27. The van der Waals surface area contributed by atoms with Crippen molar-refractivity contribution in [2.24, 2.45) is 0 Å². The molecular weight excluding hydrogens is 224 g/mol. The molecule has 0 saturated heterocycles. The average Bonchev–Trinajstić information content (AvgIpc) is 2.94. The minimum atomic E-state index is 0.164. The van der Waals surface area contributed by atoms with E-state index < -0.39 is 0 Å². The van der Waals surface area contributed by atoms with E-state index in [1.165, 1.54) is 5.56 Å². The van der Waals surface area contributed by atoms with Crippen molar-refractivity contribution < 1.29 is 0 Å². The van der Waals surface area contributed by atoms with Gasteiger partial charge in [-0.15, -0.1) is 0 Å². The van der Waals surface area contributed by atoms with Crippen molar-refractivity contribution in [2.45, 2.75) is 45.9 Å². The quantitative estimate of drug-likeness (QED) is 0.878. The second kappa shape index (κ2) is 5.40. The van der Waals surface area contributed by atoms with E-state index in [1.54, 1.807) is 0 Å². The maximum atomic E-state index is 4.20. The molecular formula is C14H22N4. The molecule has 2 heterocycles. The van der Waals surface area contributed by atoms with E-state index in [4.69, 9.17) is 0 Å². The number of hydrogen-bond donors (Lipinski definition) is 1. The highest BCUT2D eigenvalue weighted by molar-refractivity contribution is 5.10. The Balaban J connectivity index is 1.82. The molecule has 4 heteroatoms. The minimum Gasteiger partial charge on any atom is -0.352 e. The molecule has 0 aliphatic carbocycles. The van der Waals surface area contributed by atoms with Crippen LogP contribution in [-0.2, 0) is 19.6 Å². The van der Waals surface area contributed by atoms with Crippen molar-refractivity contribution >= 4 is 0 Å². The monoisotopic (exact) mass is 246 g/mol. The Morgan fingerprint density at radius 1 is 1.22 bits per heavy atom. The second-order valence-corrected chi connectivity index (χ2v) is 5.63. The first kappa shape index (κ1) is 12.9. The summed E-state index contributed by atoms with van der Waals surface area (Å²) in [5.41, 5.74) is 1.49. The maximum absolute atomic E-state index is 4.20. The van der Waals surface area contributed by atoms with Crippen LogP contribution >= 0.6 is 0 Å². The van der Waals surface area contributed by atoms with Gasteiger partial charge in [0.1, 0.15) is 0 Å². The van der Waals surface area contributed by atoms with Crippen molar-refractivity contribution in [1.82, 2.24) is 19.7 Å². The number of aryl methyl sites for hydroxylation is 2. The molecule has 0 fully saturated rings. The lowest BCUT2D eigenvalue weighted by molar-refractivity contribution is 0.424. The van der Waals surface area contributed by atoms with Gasteiger partial charge in [-0.3, -0.25) is 4.68 Å². The van der Waals surface area contributed by atoms with Crippen LogP contribution in [0.1, 0.15) is 26.3 Å². The molecule has 0 radical (unpaired) electrons. The lowest BCUT2D eigenvalue weighted by Gasteiger charge is -2.19. The fraction of sp³-hybridized carbons (Fsp3) is 0.500. The molecule has 0 amide bonds. The summed E-state index contributed by atoms with van der Waals surface area (Å²) < 4.78 is 4.16. The average molecular weight is 246 g/mol. The first-order valence-corrected chi connectivity index (χ1v) is 6.40. The second-order valence-electron chi connectivity index (χ2n) is 5.63. The summed E-state index contributed by atoms with van der Waals surface area (Å²) in [7, 11) is 0. The molecule has 0 atom stereocenters. The molecule has 0 spiro atoms. The summed E-state index contributed by atoms with van der Waals surface area (Å²) >= 11 is 0. The van der Waals surface area contributed by atoms with Crippen LogP contribution in [0.15, 0.2) is 36.9 Å². The molecule has 2 rings (SSSR count). The van der Waals surface area contributed by atoms with Crippen molar-refractivity contribution in [3.8, 4) is 0 Å². The molecule has 4 nitrogen and oxygen atoms in total. The zero-order valence-corrected chi connectivity index (χ0v) is 11.4. The first-order chi connectivity index (χ1) is 8.53. The molecule has 98 valence electrons. The van der Waals surface area contributed by atoms with E-state index in [1.807, 2.05) is 23.1 Å². The largest absolute Gasteiger partial charge is 0.352 e. The molecule has 2 aromatic heterocycles. The van der Waals surface area contributed by atoms with Gasteiger partial charge in [0.25, 0.3) is 0 Å². The predicted molar refractivity (Wildman–Crippen MR) is 73.3 cm³/mol. The van der Waals surface area contributed by atoms with Gasteiger partial charge in [0.05, 0.1) is 6.54 Å². The molecule has 0 saturated carbocycles. The number of aromatic nitrogens is 3. The molecule has 2 aromatic rings. The summed E-state index contributed by atoms with van der Waals surface area (Å²) in [5.74, 6) is 0. The molecule has 0 bridgehead atoms. The topological polar surface area (TPSA) is 34.8 Å². The van der Waals surface area contributed by atoms with E-state index in [9.17, 15) is 0 Å². The Labute approximate surface area is 109 Å². The summed E-state index contributed by atoms with van der Waals surface area (Å²) in [6, 6.07) is 4.12. The zero-order valence-electron chi connectivity index (χ0n) is 11.4. The molecule has 18 heavy (non-hydrogen) atoms. The number of rotatable bonds is 5. The molecule has 0 aliphatic heterocycles. The van der Waals surface area contributed by atoms with Gasteiger partial charge in [-0.2, -0.15) is 5.10 Å². The van der Waals surface area contributed by atoms with Crippen LogP contribution in [0.2, 0.25) is 0 Å². The van der Waals surface area contributed by atoms with Gasteiger partial charge in [0.2, 0.25) is 0 Å². The zero-order chi connectivity index (χ0) is 13.0. The maximum Gasteiger partial charge on any atom is 0.0588 e. The van der Waals surface area contributed by atoms with E-state index in [-0.39, 0.29) is 5.54 Å². The third-order valence-corrected chi connectivity index (χ3v) is 2.78. The van der Waals surface area contributed by atoms with Crippen molar-refractivity contribution in [3.05, 3.63) is 42.5 Å². The Hall–Kier alpha value is -1.55. The molecule has 0 aromatic carbocycles. The number of nitrogens with zero attached hydrogens (tertiary/aromatic N) is 3. The fourth-order valence-corrected chi connectivity index (χ4v) is 1.75. The third kappa shape index (κ3) is 4.04. The van der Waals surface area contributed by atoms with Crippen LogP contribution in [0, 0.1) is 0 Å². The standard InChI is InChI=1S/C14H22N4/c1-14(2,3)15-11-13-5-8-17(12-13)9-10-18-7-4-6-16-18/h4-8,12,15H,9-11H2,1-3H3. The Morgan fingerprint density at radius 2 is 2.06 bits per heavy atom. The van der Waals surface area contributed by atoms with Crippen LogP contribution in [0.4, 0.5) is 0 Å². The van der Waals surface area contributed by atoms with Gasteiger partial charge in [-0.1, -0.05) is 0 Å². The number of hydrogen-bond acceptors (Lipinski definition) is 2. The van der Waals surface area contributed by atoms with Crippen molar-refractivity contribution in [1.29, 1.82) is 0 Å². The summed E-state index contributed by atoms with van der Waals surface area (Å²) in [5, 5.41) is 7.69. The highest BCUT2D eigenvalue weighted by Crippen LogP contribution is 2.05. The van der Waals surface area contributed by atoms with Gasteiger partial charge in [0.15, 0.2) is 0 Å². The van der Waals surface area contributed by atoms with Crippen LogP contribution in [0.3, 0.4) is 0 Å². The van der Waals surface area contributed by atoms with E-state index >= 15 is 0 Å². The number of nitrogens with one attached hydrogen (secondary N) is 1. The lowest BCUT2D eigenvalue weighted by atomic mass is 10.1. The smallest absolute Gasteiger partial charge is 0.0588 e. The highest BCUT2D eigenvalue weighted by atomic mass is 15.3. The van der Waals surface area contributed by atoms with E-state index in [0.29, 0.717) is 0 Å². The molecule has 1 N–H and O–H groups in total. The Kier molecular flexibility index (Phi) is 3.87. The van der Waals surface area contributed by atoms with Gasteiger partial charge < -0.3 is 9.88 Å². The van der Waals surface area contributed by atoms with Crippen molar-refractivity contribution in [2.75, 3.05) is 0 Å². The Morgan fingerprint density at radius 3 is 2.72 bits per heavy atom. The van der Waals surface area contributed by atoms with Crippen LogP contribution in [0.5, 0.6) is 0 Å². The van der Waals surface area contributed by atoms with Gasteiger partial charge >= 0.3 is 0 Å². The fourth-order valence-electron chi connectivity index (χ4n) is 1.75. The van der Waals surface area contributed by atoms with Crippen LogP contribution in [0.25, 0.3) is 0 Å². The van der Waals surface area contributed by atoms with Crippen LogP contribution in [-0.4, -0.2) is 19.9 Å². The van der Waals surface area contributed by atoms with Gasteiger partial charge in [-0.25, -0.2) is 0 Å². The third-order valence-electron chi connectivity index (χ3n) is 2.78. The molecule has 0 unspecified atom stereocenters. The summed E-state index contributed by atoms with van der Waals surface area (Å²) in [6.07, 6.45) is 8.13. The minimum absolute atomic E-state index is 0.164.